The standard InChI is InChI=1S/C22H29BrN6O5S.C22H30N6O5S/c1-2-27-20(31)18-19(28(10-11-30)22(27)32)26-21(25-15-6-4-3-5-7-15)29(18)13-14-8-9-17(16(23)12-14)35(24,33)34;1-2-26-20(30)18-19(27(12-13-29)22(26)31)25-21(24-16-6-4-3-5-7-16)28(18)14-15-8-10-17(11-9-15)34(23,32)33/h8-9,12,15,30H,2-7,10-11,13H2,1H3,(H,25,26)(H2,24,33,34);8-11,16,29H,2-7,12-14H2,1H3,(H,24,25)(H2,23,32,33). The fourth-order valence-corrected chi connectivity index (χ4v) is 11.4. The van der Waals surface area contributed by atoms with Crippen molar-refractivity contribution in [3.05, 3.63) is 99.7 Å². The number of primary sulfonamides is 2. The van der Waals surface area contributed by atoms with Crippen molar-refractivity contribution in [3.63, 3.8) is 0 Å². The zero-order valence-electron chi connectivity index (χ0n) is 38.5. The molecule has 374 valence electrons. The lowest BCUT2D eigenvalue weighted by Gasteiger charge is -2.23. The van der Waals surface area contributed by atoms with E-state index in [9.17, 15) is 46.2 Å². The van der Waals surface area contributed by atoms with Crippen LogP contribution in [0.5, 0.6) is 0 Å². The lowest BCUT2D eigenvalue weighted by molar-refractivity contribution is 0.273. The van der Waals surface area contributed by atoms with Gasteiger partial charge < -0.3 is 20.8 Å². The maximum absolute atomic E-state index is 13.4. The van der Waals surface area contributed by atoms with Crippen LogP contribution >= 0.6 is 15.9 Å². The molecule has 69 heavy (non-hydrogen) atoms. The Balaban J connectivity index is 0.000000204. The highest BCUT2D eigenvalue weighted by molar-refractivity contribution is 9.10. The van der Waals surface area contributed by atoms with E-state index < -0.39 is 42.5 Å². The number of sulfonamides is 2. The number of anilines is 2. The van der Waals surface area contributed by atoms with E-state index in [4.69, 9.17) is 10.3 Å². The summed E-state index contributed by atoms with van der Waals surface area (Å²) in [5, 5.41) is 36.5. The number of benzene rings is 2. The molecule has 2 aromatic carbocycles. The molecular formula is C44H59BrN12O10S2. The normalized spacial score (nSPS) is 15.1. The topological polar surface area (TPSA) is 308 Å². The first-order valence-corrected chi connectivity index (χ1v) is 26.9. The number of imidazole rings is 2. The summed E-state index contributed by atoms with van der Waals surface area (Å²) in [6.07, 6.45) is 10.7. The Labute approximate surface area is 405 Å². The number of hydrogen-bond donors (Lipinski definition) is 6. The number of halogens is 1. The first kappa shape index (κ1) is 51.4. The molecule has 4 aromatic heterocycles. The van der Waals surface area contributed by atoms with Crippen LogP contribution in [-0.2, 0) is 59.3 Å². The second-order valence-corrected chi connectivity index (χ2v) is 21.2. The first-order valence-electron chi connectivity index (χ1n) is 23.1. The number of nitrogens with zero attached hydrogens (tertiary/aromatic N) is 8. The maximum atomic E-state index is 13.4. The Morgan fingerprint density at radius 3 is 1.41 bits per heavy atom. The van der Waals surface area contributed by atoms with E-state index >= 15 is 0 Å². The van der Waals surface area contributed by atoms with E-state index in [0.29, 0.717) is 21.9 Å². The Hall–Kier alpha value is -5.44. The van der Waals surface area contributed by atoms with Gasteiger partial charge in [0.05, 0.1) is 49.2 Å². The van der Waals surface area contributed by atoms with Gasteiger partial charge in [-0.25, -0.2) is 36.7 Å². The molecule has 25 heteroatoms. The molecule has 8 rings (SSSR count). The smallest absolute Gasteiger partial charge is 0.332 e. The van der Waals surface area contributed by atoms with Gasteiger partial charge in [-0.1, -0.05) is 56.7 Å². The van der Waals surface area contributed by atoms with Crippen LogP contribution < -0.4 is 43.4 Å². The third-order valence-electron chi connectivity index (χ3n) is 12.6. The zero-order chi connectivity index (χ0) is 49.8. The quantitative estimate of drug-likeness (QED) is 0.0812. The Bertz CT molecular complexity index is 3310. The summed E-state index contributed by atoms with van der Waals surface area (Å²) < 4.78 is 55.5. The molecule has 4 heterocycles. The van der Waals surface area contributed by atoms with Gasteiger partial charge in [-0.15, -0.1) is 0 Å². The van der Waals surface area contributed by atoms with Crippen LogP contribution in [-0.4, -0.2) is 89.7 Å². The number of aliphatic hydroxyl groups is 2. The summed E-state index contributed by atoms with van der Waals surface area (Å²) in [4.78, 5) is 61.9. The van der Waals surface area contributed by atoms with E-state index in [-0.39, 0.29) is 96.7 Å². The molecule has 0 saturated heterocycles. The van der Waals surface area contributed by atoms with Crippen LogP contribution in [0.1, 0.15) is 89.2 Å². The van der Waals surface area contributed by atoms with Gasteiger partial charge in [-0.3, -0.25) is 37.0 Å². The van der Waals surface area contributed by atoms with E-state index in [1.54, 1.807) is 47.2 Å². The van der Waals surface area contributed by atoms with Crippen LogP contribution in [0.25, 0.3) is 22.3 Å². The van der Waals surface area contributed by atoms with Crippen molar-refractivity contribution in [1.82, 2.24) is 37.4 Å². The first-order chi connectivity index (χ1) is 32.9. The molecule has 0 aliphatic heterocycles. The van der Waals surface area contributed by atoms with Crippen LogP contribution in [0.3, 0.4) is 0 Å². The molecule has 8 N–H and O–H groups in total. The molecule has 2 saturated carbocycles. The average molecular weight is 1060 g/mol. The molecule has 2 fully saturated rings. The summed E-state index contributed by atoms with van der Waals surface area (Å²) >= 11 is 3.28. The SMILES string of the molecule is CCn1c(=O)c2c(nc(NC3CCCCC3)n2Cc2ccc(S(N)(=O)=O)c(Br)c2)n(CCO)c1=O.CCn1c(=O)c2c(nc(NC3CCCCC3)n2Cc2ccc(S(N)(=O)=O)cc2)n(CCO)c1=O. The van der Waals surface area contributed by atoms with Crippen molar-refractivity contribution in [2.75, 3.05) is 23.8 Å². The molecule has 2 aliphatic rings. The van der Waals surface area contributed by atoms with Crippen molar-refractivity contribution in [3.8, 4) is 0 Å². The van der Waals surface area contributed by atoms with Crippen molar-refractivity contribution < 1.29 is 27.0 Å². The zero-order valence-corrected chi connectivity index (χ0v) is 41.7. The minimum absolute atomic E-state index is 0.00239. The molecule has 22 nitrogen and oxygen atoms in total. The molecule has 6 aromatic rings. The minimum atomic E-state index is -3.90. The van der Waals surface area contributed by atoms with Gasteiger partial charge in [0.1, 0.15) is 0 Å². The van der Waals surface area contributed by atoms with E-state index in [1.165, 1.54) is 40.2 Å². The lowest BCUT2D eigenvalue weighted by Crippen LogP contribution is -2.40. The van der Waals surface area contributed by atoms with Gasteiger partial charge >= 0.3 is 11.4 Å². The maximum Gasteiger partial charge on any atom is 0.332 e. The Morgan fingerprint density at radius 2 is 1.03 bits per heavy atom. The molecule has 0 spiro atoms. The second kappa shape index (κ2) is 21.7. The molecule has 0 unspecified atom stereocenters. The molecule has 0 radical (unpaired) electrons. The highest BCUT2D eigenvalue weighted by Crippen LogP contribution is 2.28. The number of nitrogens with two attached hydrogens (primary N) is 2. The molecular weight excluding hydrogens is 1000 g/mol. The monoisotopic (exact) mass is 1060 g/mol. The third-order valence-corrected chi connectivity index (χ3v) is 15.4. The summed E-state index contributed by atoms with van der Waals surface area (Å²) in [6.45, 7) is 3.67. The highest BCUT2D eigenvalue weighted by Gasteiger charge is 2.26. The number of aliphatic hydroxyl groups excluding tert-OH is 2. The van der Waals surface area contributed by atoms with E-state index in [2.05, 4.69) is 36.5 Å². The van der Waals surface area contributed by atoms with Crippen molar-refractivity contribution in [1.29, 1.82) is 0 Å². The van der Waals surface area contributed by atoms with Crippen molar-refractivity contribution in [2.24, 2.45) is 10.3 Å². The van der Waals surface area contributed by atoms with Crippen molar-refractivity contribution in [2.45, 2.75) is 139 Å². The van der Waals surface area contributed by atoms with Crippen LogP contribution in [0.15, 0.2) is 75.9 Å². The average Bonchev–Trinajstić information content (AvgIpc) is 3.84. The van der Waals surface area contributed by atoms with Gasteiger partial charge in [-0.2, -0.15) is 9.97 Å². The van der Waals surface area contributed by atoms with Crippen LogP contribution in [0.2, 0.25) is 0 Å². The van der Waals surface area contributed by atoms with Crippen LogP contribution in [0.4, 0.5) is 11.9 Å². The number of nitrogens with one attached hydrogen (secondary N) is 2. The van der Waals surface area contributed by atoms with Gasteiger partial charge in [0.25, 0.3) is 11.1 Å². The van der Waals surface area contributed by atoms with Gasteiger partial charge in [-0.05, 0) is 90.9 Å². The second-order valence-electron chi connectivity index (χ2n) is 17.3. The Kier molecular flexibility index (Phi) is 16.2. The summed E-state index contributed by atoms with van der Waals surface area (Å²) in [7, 11) is -7.72. The predicted molar refractivity (Wildman–Crippen MR) is 265 cm³/mol. The molecule has 0 bridgehead atoms. The van der Waals surface area contributed by atoms with Crippen molar-refractivity contribution >= 4 is 70.2 Å². The number of hydrogen-bond acceptors (Lipinski definition) is 14. The lowest BCUT2D eigenvalue weighted by atomic mass is 9.96. The number of aromatic nitrogens is 8. The molecule has 0 amide bonds. The minimum Gasteiger partial charge on any atom is -0.395 e. The molecule has 0 atom stereocenters. The highest BCUT2D eigenvalue weighted by atomic mass is 79.9. The Morgan fingerprint density at radius 1 is 0.609 bits per heavy atom. The summed E-state index contributed by atoms with van der Waals surface area (Å²) in [5.74, 6) is 0.921. The largest absolute Gasteiger partial charge is 0.395 e. The third kappa shape index (κ3) is 11.1. The van der Waals surface area contributed by atoms with Gasteiger partial charge in [0.2, 0.25) is 31.9 Å². The van der Waals surface area contributed by atoms with E-state index in [0.717, 1.165) is 66.1 Å². The summed E-state index contributed by atoms with van der Waals surface area (Å²) in [6, 6.07) is 11.2. The molecule has 2 aliphatic carbocycles. The van der Waals surface area contributed by atoms with Gasteiger partial charge in [0, 0.05) is 29.6 Å². The van der Waals surface area contributed by atoms with Crippen LogP contribution in [0, 0.1) is 0 Å². The van der Waals surface area contributed by atoms with E-state index in [1.807, 2.05) is 0 Å². The predicted octanol–water partition coefficient (Wildman–Crippen LogP) is 2.39. The number of fused-ring (bicyclic) bond motifs is 2. The summed E-state index contributed by atoms with van der Waals surface area (Å²) in [5.41, 5.74) is 0.402. The van der Waals surface area contributed by atoms with Gasteiger partial charge in [0.15, 0.2) is 22.3 Å². The fraction of sp³-hybridized carbons (Fsp3) is 0.500. The number of rotatable bonds is 16. The fourth-order valence-electron chi connectivity index (χ4n) is 9.15.